The fourth-order valence-electron chi connectivity index (χ4n) is 2.50. The third kappa shape index (κ3) is 4.45. The Morgan fingerprint density at radius 3 is 2.50 bits per heavy atom. The van der Waals surface area contributed by atoms with Crippen LogP contribution in [0.15, 0.2) is 0 Å². The molecule has 1 heterocycles. The predicted octanol–water partition coefficient (Wildman–Crippen LogP) is -2.28. The van der Waals surface area contributed by atoms with Crippen molar-refractivity contribution in [2.24, 2.45) is 17.6 Å². The molecule has 0 aliphatic carbocycles. The zero-order valence-corrected chi connectivity index (χ0v) is 11.2. The summed E-state index contributed by atoms with van der Waals surface area (Å²) in [5, 5.41) is 35.6. The predicted molar refractivity (Wildman–Crippen MR) is 70.5 cm³/mol. The molecule has 1 aliphatic rings. The van der Waals surface area contributed by atoms with Crippen LogP contribution in [-0.4, -0.2) is 69.9 Å². The van der Waals surface area contributed by atoms with Crippen LogP contribution < -0.4 is 5.73 Å². The molecule has 9 heteroatoms. The van der Waals surface area contributed by atoms with E-state index in [0.717, 1.165) is 0 Å². The first kappa shape index (κ1) is 16.9. The average molecular weight is 288 g/mol. The summed E-state index contributed by atoms with van der Waals surface area (Å²) >= 11 is 0. The summed E-state index contributed by atoms with van der Waals surface area (Å²) in [7, 11) is -1.40. The Labute approximate surface area is 117 Å². The number of amides is 1. The van der Waals surface area contributed by atoms with Crippen LogP contribution in [0.5, 0.6) is 0 Å². The van der Waals surface area contributed by atoms with E-state index in [-0.39, 0.29) is 25.3 Å². The summed E-state index contributed by atoms with van der Waals surface area (Å²) < 4.78 is 0. The number of aliphatic hydroxyl groups excluding tert-OH is 1. The van der Waals surface area contributed by atoms with Crippen molar-refractivity contribution >= 4 is 19.0 Å². The van der Waals surface area contributed by atoms with Gasteiger partial charge in [-0.2, -0.15) is 0 Å². The molecule has 1 aliphatic heterocycles. The second kappa shape index (κ2) is 7.58. The molecule has 0 aromatic rings. The molecule has 0 aromatic carbocycles. The number of carboxylic acids is 1. The molecule has 0 bridgehead atoms. The molecule has 1 saturated heterocycles. The van der Waals surface area contributed by atoms with Gasteiger partial charge in [0.1, 0.15) is 6.04 Å². The first-order valence-electron chi connectivity index (χ1n) is 6.61. The maximum atomic E-state index is 11.8. The van der Waals surface area contributed by atoms with E-state index in [1.54, 1.807) is 0 Å². The minimum absolute atomic E-state index is 0.0776. The molecule has 1 rings (SSSR count). The van der Waals surface area contributed by atoms with Gasteiger partial charge in [0, 0.05) is 13.1 Å². The Morgan fingerprint density at radius 1 is 1.35 bits per heavy atom. The van der Waals surface area contributed by atoms with Crippen molar-refractivity contribution in [2.75, 3.05) is 19.7 Å². The van der Waals surface area contributed by atoms with Gasteiger partial charge in [0.25, 0.3) is 0 Å². The van der Waals surface area contributed by atoms with Crippen LogP contribution in [0.25, 0.3) is 0 Å². The number of hydrogen-bond acceptors (Lipinski definition) is 6. The van der Waals surface area contributed by atoms with Gasteiger partial charge in [0.05, 0.1) is 12.5 Å². The van der Waals surface area contributed by atoms with Gasteiger partial charge in [0.15, 0.2) is 0 Å². The molecule has 8 nitrogen and oxygen atoms in total. The van der Waals surface area contributed by atoms with Gasteiger partial charge in [-0.3, -0.25) is 9.59 Å². The molecule has 0 spiro atoms. The van der Waals surface area contributed by atoms with Crippen LogP contribution in [0.2, 0.25) is 6.32 Å². The number of carbonyl (C=O) groups excluding carboxylic acids is 1. The zero-order valence-electron chi connectivity index (χ0n) is 11.2. The SMILES string of the molecule is NC(CO)C(=O)N1CC(CCCB(O)O)C(C(=O)O)C1. The molecular weight excluding hydrogens is 267 g/mol. The van der Waals surface area contributed by atoms with Crippen LogP contribution in [0.4, 0.5) is 0 Å². The van der Waals surface area contributed by atoms with Crippen molar-refractivity contribution in [3.8, 4) is 0 Å². The number of nitrogens with two attached hydrogens (primary N) is 1. The molecule has 6 N–H and O–H groups in total. The normalized spacial score (nSPS) is 23.7. The van der Waals surface area contributed by atoms with E-state index in [9.17, 15) is 14.7 Å². The number of aliphatic hydroxyl groups is 1. The first-order valence-corrected chi connectivity index (χ1v) is 6.61. The van der Waals surface area contributed by atoms with Gasteiger partial charge in [-0.1, -0.05) is 6.42 Å². The van der Waals surface area contributed by atoms with Gasteiger partial charge in [-0.05, 0) is 18.7 Å². The monoisotopic (exact) mass is 288 g/mol. The van der Waals surface area contributed by atoms with Crippen molar-refractivity contribution in [2.45, 2.75) is 25.2 Å². The minimum atomic E-state index is -1.40. The lowest BCUT2D eigenvalue weighted by Crippen LogP contribution is -2.45. The molecule has 20 heavy (non-hydrogen) atoms. The molecule has 0 saturated carbocycles. The molecule has 1 fully saturated rings. The van der Waals surface area contributed by atoms with E-state index >= 15 is 0 Å². The van der Waals surface area contributed by atoms with E-state index in [4.69, 9.17) is 20.9 Å². The van der Waals surface area contributed by atoms with E-state index in [1.807, 2.05) is 0 Å². The average Bonchev–Trinajstić information content (AvgIpc) is 2.80. The van der Waals surface area contributed by atoms with Gasteiger partial charge < -0.3 is 30.9 Å². The topological polar surface area (TPSA) is 144 Å². The number of aliphatic carboxylic acids is 1. The van der Waals surface area contributed by atoms with Gasteiger partial charge in [-0.15, -0.1) is 0 Å². The number of nitrogens with zero attached hydrogens (tertiary/aromatic N) is 1. The molecule has 0 radical (unpaired) electrons. The third-order valence-electron chi connectivity index (χ3n) is 3.62. The standard InChI is InChI=1S/C11H21BN2O6/c13-9(6-15)10(16)14-4-7(2-1-3-12(19)20)8(5-14)11(17)18/h7-9,15,19-20H,1-6,13H2,(H,17,18). The third-order valence-corrected chi connectivity index (χ3v) is 3.62. The summed E-state index contributed by atoms with van der Waals surface area (Å²) in [5.74, 6) is -2.35. The smallest absolute Gasteiger partial charge is 0.451 e. The second-order valence-electron chi connectivity index (χ2n) is 5.15. The highest BCUT2D eigenvalue weighted by Crippen LogP contribution is 2.28. The van der Waals surface area contributed by atoms with E-state index in [1.165, 1.54) is 4.90 Å². The van der Waals surface area contributed by atoms with Crippen molar-refractivity contribution in [3.63, 3.8) is 0 Å². The van der Waals surface area contributed by atoms with Gasteiger partial charge >= 0.3 is 13.1 Å². The lowest BCUT2D eigenvalue weighted by molar-refractivity contribution is -0.142. The molecule has 3 atom stereocenters. The van der Waals surface area contributed by atoms with Crippen LogP contribution in [0, 0.1) is 11.8 Å². The molecule has 3 unspecified atom stereocenters. The lowest BCUT2D eigenvalue weighted by Gasteiger charge is -2.19. The summed E-state index contributed by atoms with van der Waals surface area (Å²) in [6.45, 7) is -0.131. The van der Waals surface area contributed by atoms with Gasteiger partial charge in [-0.25, -0.2) is 0 Å². The largest absolute Gasteiger partial charge is 0.481 e. The number of carboxylic acid groups (broad SMARTS) is 1. The Balaban J connectivity index is 2.60. The Bertz CT molecular complexity index is 354. The first-order chi connectivity index (χ1) is 9.36. The Morgan fingerprint density at radius 2 is 2.00 bits per heavy atom. The molecule has 0 aromatic heterocycles. The highest BCUT2D eigenvalue weighted by Gasteiger charge is 2.40. The number of rotatable bonds is 7. The van der Waals surface area contributed by atoms with Crippen LogP contribution in [0.1, 0.15) is 12.8 Å². The van der Waals surface area contributed by atoms with Gasteiger partial charge in [0.2, 0.25) is 5.91 Å². The summed E-state index contributed by atoms with van der Waals surface area (Å²) in [4.78, 5) is 24.4. The minimum Gasteiger partial charge on any atom is -0.481 e. The van der Waals surface area contributed by atoms with E-state index in [0.29, 0.717) is 12.8 Å². The Hall–Kier alpha value is -1.16. The number of carbonyl (C=O) groups is 2. The van der Waals surface area contributed by atoms with Crippen molar-refractivity contribution in [3.05, 3.63) is 0 Å². The van der Waals surface area contributed by atoms with Crippen LogP contribution in [0.3, 0.4) is 0 Å². The molecule has 1 amide bonds. The maximum absolute atomic E-state index is 11.8. The fourth-order valence-corrected chi connectivity index (χ4v) is 2.50. The zero-order chi connectivity index (χ0) is 15.3. The second-order valence-corrected chi connectivity index (χ2v) is 5.15. The van der Waals surface area contributed by atoms with Crippen molar-refractivity contribution < 1.29 is 29.9 Å². The van der Waals surface area contributed by atoms with E-state index in [2.05, 4.69) is 0 Å². The highest BCUT2D eigenvalue weighted by atomic mass is 16.4. The lowest BCUT2D eigenvalue weighted by atomic mass is 9.80. The quantitative estimate of drug-likeness (QED) is 0.332. The molecular formula is C11H21BN2O6. The van der Waals surface area contributed by atoms with Crippen LogP contribution in [-0.2, 0) is 9.59 Å². The van der Waals surface area contributed by atoms with Crippen LogP contribution >= 0.6 is 0 Å². The fraction of sp³-hybridized carbons (Fsp3) is 0.818. The summed E-state index contributed by atoms with van der Waals surface area (Å²) in [6.07, 6.45) is 1.14. The summed E-state index contributed by atoms with van der Waals surface area (Å²) in [5.41, 5.74) is 5.45. The molecule has 114 valence electrons. The maximum Gasteiger partial charge on any atom is 0.451 e. The van der Waals surface area contributed by atoms with Crippen molar-refractivity contribution in [1.82, 2.24) is 4.90 Å². The number of likely N-dealkylation sites (tertiary alicyclic amines) is 1. The Kier molecular flexibility index (Phi) is 6.40. The van der Waals surface area contributed by atoms with Crippen molar-refractivity contribution in [1.29, 1.82) is 0 Å². The highest BCUT2D eigenvalue weighted by molar-refractivity contribution is 6.40. The summed E-state index contributed by atoms with van der Waals surface area (Å²) in [6, 6.07) is -1.03. The number of hydrogen-bond donors (Lipinski definition) is 5. The van der Waals surface area contributed by atoms with E-state index < -0.39 is 37.6 Å².